The van der Waals surface area contributed by atoms with E-state index in [-0.39, 0.29) is 17.1 Å². The Labute approximate surface area is 206 Å². The van der Waals surface area contributed by atoms with E-state index < -0.39 is 17.8 Å². The van der Waals surface area contributed by atoms with Gasteiger partial charge in [0.05, 0.1) is 22.8 Å². The van der Waals surface area contributed by atoms with Crippen LogP contribution in [0.1, 0.15) is 50.3 Å². The van der Waals surface area contributed by atoms with Crippen LogP contribution in [0.25, 0.3) is 16.5 Å². The van der Waals surface area contributed by atoms with E-state index >= 15 is 0 Å². The molecule has 2 aliphatic heterocycles. The van der Waals surface area contributed by atoms with E-state index in [1.54, 1.807) is 0 Å². The average Bonchev–Trinajstić information content (AvgIpc) is 3.48. The van der Waals surface area contributed by atoms with E-state index in [0.717, 1.165) is 48.9 Å². The molecule has 6 heteroatoms. The lowest BCUT2D eigenvalue weighted by Gasteiger charge is -2.55. The SMILES string of the molecule is Cc1[nH]nc2cc(C3=CCC4C3(C)CC=C3C=C5C(O)C(O)C(N(C)C)CC56CCC34O6)ccc12. The fourth-order valence-corrected chi connectivity index (χ4v) is 8.26. The van der Waals surface area contributed by atoms with Crippen molar-refractivity contribution in [2.24, 2.45) is 11.3 Å². The van der Waals surface area contributed by atoms with Gasteiger partial charge in [-0.15, -0.1) is 0 Å². The standard InChI is InChI=1S/C29H35N3O3/c1-16-19-6-5-17(13-22(19)31-30-16)20-7-8-24-27(20,2)10-9-18-14-21-25(33)26(34)23(32(3)4)15-28(21)11-12-29(18,24)35-28/h5-7,9,13-14,23-26,33-34H,8,10-12,15H2,1-4H3,(H,30,31). The number of aromatic nitrogens is 2. The van der Waals surface area contributed by atoms with Crippen LogP contribution in [0.4, 0.5) is 0 Å². The smallest absolute Gasteiger partial charge is 0.105 e. The molecule has 7 atom stereocenters. The molecule has 2 aromatic rings. The number of aryl methyl sites for hydroxylation is 1. The third-order valence-electron chi connectivity index (χ3n) is 10.1. The van der Waals surface area contributed by atoms with Crippen molar-refractivity contribution in [3.05, 3.63) is 58.8 Å². The second-order valence-electron chi connectivity index (χ2n) is 12.0. The molecule has 1 saturated heterocycles. The molecule has 2 spiro atoms. The minimum atomic E-state index is -0.886. The Balaban J connectivity index is 1.30. The molecule has 3 N–H and O–H groups in total. The normalized spacial score (nSPS) is 41.9. The summed E-state index contributed by atoms with van der Waals surface area (Å²) in [5.41, 5.74) is 6.03. The Morgan fingerprint density at radius 1 is 1.17 bits per heavy atom. The van der Waals surface area contributed by atoms with Gasteiger partial charge in [-0.05, 0) is 81.5 Å². The highest BCUT2D eigenvalue weighted by molar-refractivity contribution is 5.86. The Morgan fingerprint density at radius 2 is 2.00 bits per heavy atom. The molecule has 0 amide bonds. The lowest BCUT2D eigenvalue weighted by atomic mass is 9.58. The molecule has 184 valence electrons. The first-order valence-electron chi connectivity index (χ1n) is 13.0. The summed E-state index contributed by atoms with van der Waals surface area (Å²) in [5.74, 6) is 0.348. The second kappa shape index (κ2) is 6.94. The molecule has 2 bridgehead atoms. The lowest BCUT2D eigenvalue weighted by molar-refractivity contribution is -0.161. The maximum Gasteiger partial charge on any atom is 0.105 e. The third-order valence-corrected chi connectivity index (χ3v) is 10.1. The zero-order valence-corrected chi connectivity index (χ0v) is 21.0. The summed E-state index contributed by atoms with van der Waals surface area (Å²) in [6.45, 7) is 4.47. The minimum absolute atomic E-state index is 0.0207. The van der Waals surface area contributed by atoms with Gasteiger partial charge in [0.15, 0.2) is 0 Å². The van der Waals surface area contributed by atoms with E-state index in [9.17, 15) is 10.2 Å². The van der Waals surface area contributed by atoms with Gasteiger partial charge in [-0.2, -0.15) is 5.10 Å². The number of likely N-dealkylation sites (N-methyl/N-ethyl adjacent to an activating group) is 1. The summed E-state index contributed by atoms with van der Waals surface area (Å²) < 4.78 is 7.23. The molecule has 1 saturated carbocycles. The van der Waals surface area contributed by atoms with Crippen LogP contribution in [0.3, 0.4) is 0 Å². The van der Waals surface area contributed by atoms with Crippen LogP contribution < -0.4 is 0 Å². The number of nitrogens with zero attached hydrogens (tertiary/aromatic N) is 2. The topological polar surface area (TPSA) is 81.6 Å². The van der Waals surface area contributed by atoms with E-state index in [1.807, 2.05) is 19.0 Å². The molecule has 7 unspecified atom stereocenters. The van der Waals surface area contributed by atoms with Crippen molar-refractivity contribution < 1.29 is 14.9 Å². The zero-order chi connectivity index (χ0) is 24.3. The zero-order valence-electron chi connectivity index (χ0n) is 21.0. The monoisotopic (exact) mass is 473 g/mol. The number of H-pyrrole nitrogens is 1. The largest absolute Gasteiger partial charge is 0.388 e. The number of hydrogen-bond donors (Lipinski definition) is 3. The van der Waals surface area contributed by atoms with Crippen LogP contribution in [0.15, 0.2) is 47.6 Å². The Hall–Kier alpha value is -2.25. The summed E-state index contributed by atoms with van der Waals surface area (Å²) >= 11 is 0. The van der Waals surface area contributed by atoms with Gasteiger partial charge in [0.2, 0.25) is 0 Å². The molecule has 2 fully saturated rings. The minimum Gasteiger partial charge on any atom is -0.388 e. The highest BCUT2D eigenvalue weighted by Crippen LogP contribution is 2.67. The highest BCUT2D eigenvalue weighted by atomic mass is 16.5. The number of ether oxygens (including phenoxy) is 1. The molecule has 0 radical (unpaired) electrons. The van der Waals surface area contributed by atoms with Crippen LogP contribution in [-0.2, 0) is 4.74 Å². The lowest BCUT2D eigenvalue weighted by Crippen LogP contribution is -2.61. The fourth-order valence-electron chi connectivity index (χ4n) is 8.26. The Bertz CT molecular complexity index is 1340. The van der Waals surface area contributed by atoms with Crippen LogP contribution in [0.2, 0.25) is 0 Å². The molecule has 6 nitrogen and oxygen atoms in total. The average molecular weight is 474 g/mol. The Kier molecular flexibility index (Phi) is 4.36. The van der Waals surface area contributed by atoms with Crippen molar-refractivity contribution in [3.8, 4) is 0 Å². The van der Waals surface area contributed by atoms with Crippen LogP contribution in [-0.4, -0.2) is 68.9 Å². The molecular formula is C29H35N3O3. The summed E-state index contributed by atoms with van der Waals surface area (Å²) in [7, 11) is 3.96. The summed E-state index contributed by atoms with van der Waals surface area (Å²) in [6, 6.07) is 6.54. The van der Waals surface area contributed by atoms with Crippen LogP contribution in [0, 0.1) is 18.3 Å². The van der Waals surface area contributed by atoms with Gasteiger partial charge >= 0.3 is 0 Å². The first kappa shape index (κ1) is 22.0. The van der Waals surface area contributed by atoms with Crippen molar-refractivity contribution in [2.45, 2.75) is 75.4 Å². The van der Waals surface area contributed by atoms with Gasteiger partial charge in [0.1, 0.15) is 6.10 Å². The predicted molar refractivity (Wildman–Crippen MR) is 136 cm³/mol. The third kappa shape index (κ3) is 2.66. The van der Waals surface area contributed by atoms with Crippen molar-refractivity contribution in [1.29, 1.82) is 0 Å². The number of hydrogen-bond acceptors (Lipinski definition) is 5. The Morgan fingerprint density at radius 3 is 2.80 bits per heavy atom. The predicted octanol–water partition coefficient (Wildman–Crippen LogP) is 3.89. The van der Waals surface area contributed by atoms with Crippen molar-refractivity contribution in [1.82, 2.24) is 15.1 Å². The number of fused-ring (bicyclic) bond motifs is 2. The van der Waals surface area contributed by atoms with Crippen molar-refractivity contribution in [2.75, 3.05) is 14.1 Å². The second-order valence-corrected chi connectivity index (χ2v) is 12.0. The van der Waals surface area contributed by atoms with Crippen LogP contribution >= 0.6 is 0 Å². The summed E-state index contributed by atoms with van der Waals surface area (Å²) in [5, 5.41) is 30.8. The molecule has 1 aromatic carbocycles. The molecular weight excluding hydrogens is 438 g/mol. The van der Waals surface area contributed by atoms with Gasteiger partial charge in [-0.3, -0.25) is 5.10 Å². The molecule has 3 heterocycles. The van der Waals surface area contributed by atoms with Crippen molar-refractivity contribution in [3.63, 3.8) is 0 Å². The van der Waals surface area contributed by atoms with Gasteiger partial charge in [0.25, 0.3) is 0 Å². The van der Waals surface area contributed by atoms with E-state index in [4.69, 9.17) is 4.74 Å². The number of rotatable bonds is 2. The molecule has 5 aliphatic rings. The molecule has 3 aliphatic carbocycles. The van der Waals surface area contributed by atoms with Gasteiger partial charge in [-0.25, -0.2) is 0 Å². The summed E-state index contributed by atoms with van der Waals surface area (Å²) in [6.07, 6.45) is 9.81. The number of aliphatic hydroxyl groups excluding tert-OH is 2. The van der Waals surface area contributed by atoms with Crippen molar-refractivity contribution >= 4 is 16.5 Å². The number of benzene rings is 1. The highest BCUT2D eigenvalue weighted by Gasteiger charge is 2.67. The number of nitrogens with one attached hydrogen (secondary N) is 1. The number of aliphatic hydroxyl groups is 2. The maximum absolute atomic E-state index is 11.1. The van der Waals surface area contributed by atoms with Gasteiger partial charge in [0, 0.05) is 28.5 Å². The van der Waals surface area contributed by atoms with E-state index in [1.165, 1.54) is 22.1 Å². The van der Waals surface area contributed by atoms with E-state index in [2.05, 4.69) is 60.5 Å². The first-order chi connectivity index (χ1) is 16.7. The number of allylic oxidation sites excluding steroid dienone is 3. The molecule has 35 heavy (non-hydrogen) atoms. The molecule has 1 aromatic heterocycles. The maximum atomic E-state index is 11.1. The molecule has 7 rings (SSSR count). The van der Waals surface area contributed by atoms with Gasteiger partial charge < -0.3 is 19.8 Å². The summed E-state index contributed by atoms with van der Waals surface area (Å²) in [4.78, 5) is 2.03. The van der Waals surface area contributed by atoms with E-state index in [0.29, 0.717) is 5.92 Å². The quantitative estimate of drug-likeness (QED) is 0.617. The first-order valence-corrected chi connectivity index (χ1v) is 13.0. The van der Waals surface area contributed by atoms with Gasteiger partial charge in [-0.1, -0.05) is 37.3 Å². The van der Waals surface area contributed by atoms with Crippen LogP contribution in [0.5, 0.6) is 0 Å². The fraction of sp³-hybridized carbons (Fsp3) is 0.552. The number of aromatic amines is 1.